The first-order valence-electron chi connectivity index (χ1n) is 3.72. The second-order valence-electron chi connectivity index (χ2n) is 3.16. The summed E-state index contributed by atoms with van der Waals surface area (Å²) in [5.74, 6) is -0.702. The summed E-state index contributed by atoms with van der Waals surface area (Å²) in [5, 5.41) is 0. The third kappa shape index (κ3) is 7.74. The minimum atomic E-state index is -0.688. The summed E-state index contributed by atoms with van der Waals surface area (Å²) < 4.78 is 4.92. The molecule has 0 atom stereocenters. The van der Waals surface area contributed by atoms with Gasteiger partial charge in [0.2, 0.25) is 0 Å². The third-order valence-electron chi connectivity index (χ3n) is 1.26. The maximum absolute atomic E-state index is 10.9. The van der Waals surface area contributed by atoms with Crippen LogP contribution < -0.4 is 0 Å². The van der Waals surface area contributed by atoms with Gasteiger partial charge in [-0.3, -0.25) is 9.59 Å². The smallest absolute Gasteiger partial charge is 0.455 e. The van der Waals surface area contributed by atoms with E-state index in [1.54, 1.807) is 13.8 Å². The zero-order chi connectivity index (χ0) is 9.78. The van der Waals surface area contributed by atoms with Crippen LogP contribution in [0.5, 0.6) is 0 Å². The van der Waals surface area contributed by atoms with E-state index in [9.17, 15) is 9.59 Å². The first-order chi connectivity index (χ1) is 5.37. The number of rotatable bonds is 4. The van der Waals surface area contributed by atoms with Crippen molar-refractivity contribution in [2.45, 2.75) is 32.8 Å². The largest absolute Gasteiger partial charge is 3.00 e. The van der Waals surface area contributed by atoms with Gasteiger partial charge in [0.25, 0.3) is 0 Å². The summed E-state index contributed by atoms with van der Waals surface area (Å²) >= 11 is 0. The van der Waals surface area contributed by atoms with Crippen LogP contribution in [-0.2, 0) is 31.1 Å². The van der Waals surface area contributed by atoms with E-state index in [0.717, 1.165) is 0 Å². The number of hydrogen-bond donors (Lipinski definition) is 0. The molecule has 3 nitrogen and oxygen atoms in total. The molecule has 0 saturated carbocycles. The van der Waals surface area contributed by atoms with Crippen LogP contribution in [-0.4, -0.2) is 17.4 Å². The van der Waals surface area contributed by atoms with E-state index in [4.69, 9.17) is 4.74 Å². The molecule has 0 radical (unpaired) electrons. The van der Waals surface area contributed by atoms with Crippen molar-refractivity contribution in [1.29, 1.82) is 0 Å². The molecule has 13 heavy (non-hydrogen) atoms. The fourth-order valence-electron chi connectivity index (χ4n) is 0.574. The van der Waals surface area contributed by atoms with Crippen molar-refractivity contribution in [1.82, 2.24) is 0 Å². The Morgan fingerprint density at radius 3 is 2.23 bits per heavy atom. The summed E-state index contributed by atoms with van der Waals surface area (Å²) in [6.45, 7) is 8.26. The van der Waals surface area contributed by atoms with Crippen molar-refractivity contribution >= 4 is 11.8 Å². The summed E-state index contributed by atoms with van der Waals surface area (Å²) in [4.78, 5) is 21.4. The van der Waals surface area contributed by atoms with Gasteiger partial charge in [-0.1, -0.05) is 6.58 Å². The Balaban J connectivity index is 0. The maximum Gasteiger partial charge on any atom is 3.00 e. The molecule has 4 heteroatoms. The first kappa shape index (κ1) is 14.9. The normalized spacial score (nSPS) is 9.77. The number of ketones is 1. The number of hydrogen-bond acceptors (Lipinski definition) is 3. The summed E-state index contributed by atoms with van der Waals surface area (Å²) in [6, 6.07) is 0. The van der Waals surface area contributed by atoms with Gasteiger partial charge in [-0.15, -0.1) is 0 Å². The predicted molar refractivity (Wildman–Crippen MR) is 45.7 cm³/mol. The summed E-state index contributed by atoms with van der Waals surface area (Å²) in [7, 11) is 0. The van der Waals surface area contributed by atoms with Crippen molar-refractivity contribution in [2.75, 3.05) is 0 Å². The van der Waals surface area contributed by atoms with Gasteiger partial charge in [-0.25, -0.2) is 0 Å². The maximum atomic E-state index is 10.9. The number of carbonyl (C=O) groups excluding carboxylic acids is 2. The molecule has 0 aliphatic heterocycles. The quantitative estimate of drug-likeness (QED) is 0.416. The van der Waals surface area contributed by atoms with Crippen LogP contribution in [0.3, 0.4) is 0 Å². The predicted octanol–water partition coefficient (Wildman–Crippen LogP) is 1.47. The molecule has 0 unspecified atom stereocenters. The van der Waals surface area contributed by atoms with Gasteiger partial charge in [0.15, 0.2) is 0 Å². The standard InChI is InChI=1S/C9H14O3.Co/c1-5-9(3,4)12-8(11)6-7(2)10;/h5H,1,6H2,2-4H3;/q;+3. The van der Waals surface area contributed by atoms with E-state index >= 15 is 0 Å². The fraction of sp³-hybridized carbons (Fsp3) is 0.556. The topological polar surface area (TPSA) is 43.4 Å². The van der Waals surface area contributed by atoms with Gasteiger partial charge in [0.1, 0.15) is 17.8 Å². The van der Waals surface area contributed by atoms with Crippen LogP contribution in [0.25, 0.3) is 0 Å². The molecule has 0 N–H and O–H groups in total. The van der Waals surface area contributed by atoms with Crippen LogP contribution in [0, 0.1) is 0 Å². The van der Waals surface area contributed by atoms with Crippen molar-refractivity contribution in [2.24, 2.45) is 0 Å². The Kier molecular flexibility index (Phi) is 6.80. The van der Waals surface area contributed by atoms with E-state index in [-0.39, 0.29) is 29.0 Å². The SMILES string of the molecule is C=CC(C)(C)OC(=O)CC(C)=O.[Co+3]. The van der Waals surface area contributed by atoms with Gasteiger partial charge >= 0.3 is 22.7 Å². The van der Waals surface area contributed by atoms with E-state index < -0.39 is 11.6 Å². The monoisotopic (exact) mass is 229 g/mol. The molecule has 0 aromatic heterocycles. The van der Waals surface area contributed by atoms with E-state index in [2.05, 4.69) is 6.58 Å². The molecule has 0 saturated heterocycles. The van der Waals surface area contributed by atoms with E-state index in [1.165, 1.54) is 13.0 Å². The molecular weight excluding hydrogens is 215 g/mol. The average Bonchev–Trinajstić information content (AvgIpc) is 1.84. The summed E-state index contributed by atoms with van der Waals surface area (Å²) in [6.07, 6.45) is 1.35. The van der Waals surface area contributed by atoms with Crippen LogP contribution in [0.1, 0.15) is 27.2 Å². The fourth-order valence-corrected chi connectivity index (χ4v) is 0.574. The van der Waals surface area contributed by atoms with Gasteiger partial charge in [-0.2, -0.15) is 0 Å². The van der Waals surface area contributed by atoms with Crippen LogP contribution in [0.4, 0.5) is 0 Å². The van der Waals surface area contributed by atoms with Crippen molar-refractivity contribution in [3.63, 3.8) is 0 Å². The molecule has 0 heterocycles. The second-order valence-corrected chi connectivity index (χ2v) is 3.16. The van der Waals surface area contributed by atoms with Crippen molar-refractivity contribution < 1.29 is 31.1 Å². The molecular formula is C9H14CoO3+3. The molecule has 0 aromatic carbocycles. The Bertz CT molecular complexity index is 209. The van der Waals surface area contributed by atoms with E-state index in [1.807, 2.05) is 0 Å². The number of Topliss-reactive ketones (excluding diaryl/α,β-unsaturated/α-hetero) is 1. The Morgan fingerprint density at radius 2 is 1.92 bits per heavy atom. The third-order valence-corrected chi connectivity index (χ3v) is 1.26. The van der Waals surface area contributed by atoms with Crippen LogP contribution in [0.15, 0.2) is 12.7 Å². The average molecular weight is 229 g/mol. The molecule has 0 bridgehead atoms. The summed E-state index contributed by atoms with van der Waals surface area (Å²) in [5.41, 5.74) is -0.688. The van der Waals surface area contributed by atoms with Gasteiger partial charge < -0.3 is 4.74 Å². The molecule has 0 rings (SSSR count). The van der Waals surface area contributed by atoms with Crippen molar-refractivity contribution in [3.8, 4) is 0 Å². The molecule has 0 aromatic rings. The van der Waals surface area contributed by atoms with Crippen molar-refractivity contribution in [3.05, 3.63) is 12.7 Å². The number of carbonyl (C=O) groups is 2. The minimum Gasteiger partial charge on any atom is -0.455 e. The van der Waals surface area contributed by atoms with Gasteiger partial charge in [-0.05, 0) is 26.8 Å². The molecule has 74 valence electrons. The Hall–Kier alpha value is -0.614. The zero-order valence-electron chi connectivity index (χ0n) is 8.05. The van der Waals surface area contributed by atoms with E-state index in [0.29, 0.717) is 0 Å². The first-order valence-corrected chi connectivity index (χ1v) is 3.72. The molecule has 0 amide bonds. The van der Waals surface area contributed by atoms with Gasteiger partial charge in [0.05, 0.1) is 0 Å². The molecule has 0 aliphatic rings. The Morgan fingerprint density at radius 1 is 1.46 bits per heavy atom. The van der Waals surface area contributed by atoms with Crippen LogP contribution in [0.2, 0.25) is 0 Å². The second kappa shape index (κ2) is 5.93. The molecule has 0 aliphatic carbocycles. The Labute approximate surface area is 88.7 Å². The van der Waals surface area contributed by atoms with Crippen LogP contribution >= 0.6 is 0 Å². The number of esters is 1. The number of ether oxygens (including phenoxy) is 1. The zero-order valence-corrected chi connectivity index (χ0v) is 9.09. The van der Waals surface area contributed by atoms with Gasteiger partial charge in [0, 0.05) is 0 Å². The molecule has 0 spiro atoms. The molecule has 0 fully saturated rings. The minimum absolute atomic E-state index is 0.